The standard InChI is InChI=1S/C26H23ClN2O2/c1-28-10-9-18-12-24-25(31-16-30-24)13-21(18)26(28)22-15-29(23-8-3-2-7-20(22)23)14-17-5-4-6-19(27)11-17/h2-8,11-13,15,26H,9-10,14,16H2,1H3. The molecular weight excluding hydrogens is 408 g/mol. The summed E-state index contributed by atoms with van der Waals surface area (Å²) in [7, 11) is 2.21. The van der Waals surface area contributed by atoms with Crippen LogP contribution in [-0.2, 0) is 13.0 Å². The predicted octanol–water partition coefficient (Wildman–Crippen LogP) is 5.65. The molecule has 2 aliphatic rings. The fourth-order valence-corrected chi connectivity index (χ4v) is 5.21. The Bertz CT molecular complexity index is 1300. The van der Waals surface area contributed by atoms with Crippen molar-refractivity contribution in [1.82, 2.24) is 9.47 Å². The molecule has 0 N–H and O–H groups in total. The summed E-state index contributed by atoms with van der Waals surface area (Å²) in [5.41, 5.74) is 6.40. The second kappa shape index (κ2) is 7.33. The van der Waals surface area contributed by atoms with Gasteiger partial charge in [0.15, 0.2) is 11.5 Å². The normalized spacial score (nSPS) is 17.8. The van der Waals surface area contributed by atoms with Gasteiger partial charge in [-0.25, -0.2) is 0 Å². The third kappa shape index (κ3) is 3.18. The second-order valence-electron chi connectivity index (χ2n) is 8.40. The van der Waals surface area contributed by atoms with E-state index in [1.807, 2.05) is 18.2 Å². The molecule has 4 aromatic rings. The third-order valence-corrected chi connectivity index (χ3v) is 6.69. The molecule has 0 spiro atoms. The van der Waals surface area contributed by atoms with Crippen LogP contribution in [0.5, 0.6) is 11.5 Å². The molecule has 6 rings (SSSR count). The number of fused-ring (bicyclic) bond motifs is 3. The zero-order valence-corrected chi connectivity index (χ0v) is 18.1. The molecule has 1 aromatic heterocycles. The maximum atomic E-state index is 6.24. The SMILES string of the molecule is CN1CCc2cc3c(cc2C1c1cn(Cc2cccc(Cl)c2)c2ccccc12)OCO3. The molecule has 0 amide bonds. The van der Waals surface area contributed by atoms with E-state index in [9.17, 15) is 0 Å². The number of hydrogen-bond donors (Lipinski definition) is 0. The Morgan fingerprint density at radius 2 is 1.81 bits per heavy atom. The Balaban J connectivity index is 1.49. The number of hydrogen-bond acceptors (Lipinski definition) is 3. The Morgan fingerprint density at radius 3 is 2.68 bits per heavy atom. The molecule has 3 heterocycles. The maximum absolute atomic E-state index is 6.24. The van der Waals surface area contributed by atoms with Gasteiger partial charge in [0.2, 0.25) is 6.79 Å². The molecule has 2 aliphatic heterocycles. The average Bonchev–Trinajstić information content (AvgIpc) is 3.37. The number of benzene rings is 3. The molecule has 5 heteroatoms. The smallest absolute Gasteiger partial charge is 0.231 e. The monoisotopic (exact) mass is 430 g/mol. The Labute approximate surface area is 186 Å². The van der Waals surface area contributed by atoms with E-state index in [4.69, 9.17) is 21.1 Å². The highest BCUT2D eigenvalue weighted by Crippen LogP contribution is 2.44. The number of halogens is 1. The minimum absolute atomic E-state index is 0.170. The van der Waals surface area contributed by atoms with Crippen LogP contribution < -0.4 is 9.47 Å². The van der Waals surface area contributed by atoms with Crippen LogP contribution >= 0.6 is 11.6 Å². The average molecular weight is 431 g/mol. The van der Waals surface area contributed by atoms with Crippen molar-refractivity contribution in [1.29, 1.82) is 0 Å². The number of nitrogens with zero attached hydrogens (tertiary/aromatic N) is 2. The van der Waals surface area contributed by atoms with Gasteiger partial charge in [0, 0.05) is 35.2 Å². The highest BCUT2D eigenvalue weighted by atomic mass is 35.5. The molecule has 0 aliphatic carbocycles. The molecule has 0 bridgehead atoms. The lowest BCUT2D eigenvalue weighted by atomic mass is 9.88. The number of rotatable bonds is 3. The van der Waals surface area contributed by atoms with Crippen molar-refractivity contribution in [3.05, 3.63) is 94.1 Å². The van der Waals surface area contributed by atoms with Gasteiger partial charge >= 0.3 is 0 Å². The van der Waals surface area contributed by atoms with Crippen molar-refractivity contribution in [3.63, 3.8) is 0 Å². The minimum Gasteiger partial charge on any atom is -0.454 e. The van der Waals surface area contributed by atoms with Gasteiger partial charge in [-0.1, -0.05) is 41.9 Å². The van der Waals surface area contributed by atoms with Crippen LogP contribution in [0.3, 0.4) is 0 Å². The van der Waals surface area contributed by atoms with Gasteiger partial charge in [0.1, 0.15) is 0 Å². The Hall–Kier alpha value is -2.95. The number of para-hydroxylation sites is 1. The number of likely N-dealkylation sites (N-methyl/N-ethyl adjacent to an activating group) is 1. The van der Waals surface area contributed by atoms with E-state index in [0.717, 1.165) is 36.0 Å². The molecular formula is C26H23ClN2O2. The Kier molecular flexibility index (Phi) is 4.44. The summed E-state index contributed by atoms with van der Waals surface area (Å²) < 4.78 is 13.7. The zero-order valence-electron chi connectivity index (χ0n) is 17.3. The van der Waals surface area contributed by atoms with E-state index >= 15 is 0 Å². The van der Waals surface area contributed by atoms with Gasteiger partial charge in [0.25, 0.3) is 0 Å². The van der Waals surface area contributed by atoms with E-state index in [-0.39, 0.29) is 6.04 Å². The summed E-state index contributed by atoms with van der Waals surface area (Å²) >= 11 is 6.24. The van der Waals surface area contributed by atoms with Gasteiger partial charge in [-0.05, 0) is 66.1 Å². The number of ether oxygens (including phenoxy) is 2. The molecule has 31 heavy (non-hydrogen) atoms. The van der Waals surface area contributed by atoms with Crippen LogP contribution in [0.1, 0.15) is 28.3 Å². The first kappa shape index (κ1) is 18.8. The van der Waals surface area contributed by atoms with Crippen LogP contribution in [-0.4, -0.2) is 29.9 Å². The van der Waals surface area contributed by atoms with Gasteiger partial charge in [-0.2, -0.15) is 0 Å². The first-order valence-electron chi connectivity index (χ1n) is 10.6. The lowest BCUT2D eigenvalue weighted by molar-refractivity contribution is 0.174. The Morgan fingerprint density at radius 1 is 0.968 bits per heavy atom. The van der Waals surface area contributed by atoms with E-state index in [0.29, 0.717) is 6.79 Å². The first-order valence-corrected chi connectivity index (χ1v) is 11.0. The van der Waals surface area contributed by atoms with E-state index < -0.39 is 0 Å². The molecule has 1 atom stereocenters. The van der Waals surface area contributed by atoms with Crippen molar-refractivity contribution in [3.8, 4) is 11.5 Å². The third-order valence-electron chi connectivity index (χ3n) is 6.46. The van der Waals surface area contributed by atoms with Crippen molar-refractivity contribution in [2.75, 3.05) is 20.4 Å². The summed E-state index contributed by atoms with van der Waals surface area (Å²) in [6.07, 6.45) is 3.33. The van der Waals surface area contributed by atoms with Crippen molar-refractivity contribution < 1.29 is 9.47 Å². The summed E-state index contributed by atoms with van der Waals surface area (Å²) in [5, 5.41) is 2.05. The highest BCUT2D eigenvalue weighted by molar-refractivity contribution is 6.30. The van der Waals surface area contributed by atoms with E-state index in [2.05, 4.69) is 65.2 Å². The summed E-state index contributed by atoms with van der Waals surface area (Å²) in [5.74, 6) is 1.71. The van der Waals surface area contributed by atoms with Crippen molar-refractivity contribution >= 4 is 22.5 Å². The first-order chi connectivity index (χ1) is 15.2. The molecule has 0 radical (unpaired) electrons. The predicted molar refractivity (Wildman–Crippen MR) is 123 cm³/mol. The molecule has 0 fully saturated rings. The lowest BCUT2D eigenvalue weighted by Gasteiger charge is -2.34. The molecule has 0 saturated carbocycles. The van der Waals surface area contributed by atoms with Gasteiger partial charge < -0.3 is 14.0 Å². The molecule has 3 aromatic carbocycles. The van der Waals surface area contributed by atoms with E-state index in [1.165, 1.54) is 33.2 Å². The summed E-state index contributed by atoms with van der Waals surface area (Å²) in [4.78, 5) is 2.44. The topological polar surface area (TPSA) is 26.6 Å². The summed E-state index contributed by atoms with van der Waals surface area (Å²) in [6.45, 7) is 2.09. The van der Waals surface area contributed by atoms with Gasteiger partial charge in [-0.15, -0.1) is 0 Å². The van der Waals surface area contributed by atoms with E-state index in [1.54, 1.807) is 0 Å². The molecule has 1 unspecified atom stereocenters. The van der Waals surface area contributed by atoms with Gasteiger partial charge in [-0.3, -0.25) is 4.90 Å². The van der Waals surface area contributed by atoms with Crippen molar-refractivity contribution in [2.45, 2.75) is 19.0 Å². The molecule has 0 saturated heterocycles. The van der Waals surface area contributed by atoms with Crippen LogP contribution in [0.25, 0.3) is 10.9 Å². The molecule has 4 nitrogen and oxygen atoms in total. The van der Waals surface area contributed by atoms with Crippen LogP contribution in [0.4, 0.5) is 0 Å². The maximum Gasteiger partial charge on any atom is 0.231 e. The largest absolute Gasteiger partial charge is 0.454 e. The number of aromatic nitrogens is 1. The fourth-order valence-electron chi connectivity index (χ4n) is 5.00. The van der Waals surface area contributed by atoms with Gasteiger partial charge in [0.05, 0.1) is 6.04 Å². The molecule has 156 valence electrons. The second-order valence-corrected chi connectivity index (χ2v) is 8.83. The van der Waals surface area contributed by atoms with Crippen LogP contribution in [0.15, 0.2) is 66.9 Å². The lowest BCUT2D eigenvalue weighted by Crippen LogP contribution is -2.32. The minimum atomic E-state index is 0.170. The van der Waals surface area contributed by atoms with Crippen LogP contribution in [0, 0.1) is 0 Å². The zero-order chi connectivity index (χ0) is 20.9. The van der Waals surface area contributed by atoms with Crippen LogP contribution in [0.2, 0.25) is 5.02 Å². The fraction of sp³-hybridized carbons (Fsp3) is 0.231. The quantitative estimate of drug-likeness (QED) is 0.420. The van der Waals surface area contributed by atoms with Crippen molar-refractivity contribution in [2.24, 2.45) is 0 Å². The summed E-state index contributed by atoms with van der Waals surface area (Å²) in [6, 6.07) is 21.3. The highest BCUT2D eigenvalue weighted by Gasteiger charge is 2.31.